The number of rotatable bonds is 6. The van der Waals surface area contributed by atoms with E-state index in [4.69, 9.17) is 0 Å². The standard InChI is InChI=1S/C17H26N2S/c1-3-13-20-14-12-19-11-7-10-18-17(2,15-19)16-8-5-4-6-9-16/h3-6,8-9,18H,1,7,10-15H2,2H3. The zero-order valence-electron chi connectivity index (χ0n) is 12.5. The van der Waals surface area contributed by atoms with Crippen LogP contribution in [-0.4, -0.2) is 42.6 Å². The largest absolute Gasteiger partial charge is 0.307 e. The Bertz CT molecular complexity index is 407. The highest BCUT2D eigenvalue weighted by Crippen LogP contribution is 2.24. The van der Waals surface area contributed by atoms with Crippen molar-refractivity contribution in [3.8, 4) is 0 Å². The molecule has 0 bridgehead atoms. The number of nitrogens with one attached hydrogen (secondary N) is 1. The van der Waals surface area contributed by atoms with E-state index in [2.05, 4.69) is 54.1 Å². The van der Waals surface area contributed by atoms with Gasteiger partial charge >= 0.3 is 0 Å². The van der Waals surface area contributed by atoms with Crippen LogP contribution in [0.4, 0.5) is 0 Å². The second kappa shape index (κ2) is 7.87. The van der Waals surface area contributed by atoms with Gasteiger partial charge in [-0.15, -0.1) is 6.58 Å². The minimum Gasteiger partial charge on any atom is -0.307 e. The van der Waals surface area contributed by atoms with Crippen LogP contribution in [0.3, 0.4) is 0 Å². The van der Waals surface area contributed by atoms with E-state index in [0.717, 1.165) is 18.8 Å². The molecule has 20 heavy (non-hydrogen) atoms. The Morgan fingerprint density at radius 2 is 2.20 bits per heavy atom. The van der Waals surface area contributed by atoms with Gasteiger partial charge in [-0.1, -0.05) is 36.4 Å². The molecule has 2 nitrogen and oxygen atoms in total. The topological polar surface area (TPSA) is 15.3 Å². The van der Waals surface area contributed by atoms with Gasteiger partial charge in [0.05, 0.1) is 5.54 Å². The lowest BCUT2D eigenvalue weighted by molar-refractivity contribution is 0.231. The first-order valence-electron chi connectivity index (χ1n) is 7.46. The Kier molecular flexibility index (Phi) is 6.14. The summed E-state index contributed by atoms with van der Waals surface area (Å²) in [4.78, 5) is 2.60. The zero-order chi connectivity index (χ0) is 14.3. The molecule has 1 aromatic rings. The smallest absolute Gasteiger partial charge is 0.0534 e. The van der Waals surface area contributed by atoms with Crippen LogP contribution in [-0.2, 0) is 5.54 Å². The molecule has 110 valence electrons. The molecular weight excluding hydrogens is 264 g/mol. The summed E-state index contributed by atoms with van der Waals surface area (Å²) in [5.74, 6) is 2.25. The van der Waals surface area contributed by atoms with E-state index in [-0.39, 0.29) is 5.54 Å². The lowest BCUT2D eigenvalue weighted by Gasteiger charge is -2.34. The Labute approximate surface area is 127 Å². The van der Waals surface area contributed by atoms with E-state index in [1.807, 2.05) is 17.8 Å². The van der Waals surface area contributed by atoms with Gasteiger partial charge in [0.25, 0.3) is 0 Å². The number of hydrogen-bond donors (Lipinski definition) is 1. The Hall–Kier alpha value is -0.770. The molecule has 3 heteroatoms. The molecule has 1 aromatic carbocycles. The molecule has 1 heterocycles. The predicted molar refractivity (Wildman–Crippen MR) is 90.4 cm³/mol. The zero-order valence-corrected chi connectivity index (χ0v) is 13.3. The fourth-order valence-corrected chi connectivity index (χ4v) is 3.52. The minimum atomic E-state index is 0.0703. The van der Waals surface area contributed by atoms with Crippen molar-refractivity contribution in [2.24, 2.45) is 0 Å². The fourth-order valence-electron chi connectivity index (χ4n) is 2.80. The molecule has 1 unspecified atom stereocenters. The van der Waals surface area contributed by atoms with Gasteiger partial charge in [0, 0.05) is 24.6 Å². The van der Waals surface area contributed by atoms with Crippen LogP contribution in [0.2, 0.25) is 0 Å². The summed E-state index contributed by atoms with van der Waals surface area (Å²) in [5.41, 5.74) is 1.46. The number of benzene rings is 1. The lowest BCUT2D eigenvalue weighted by atomic mass is 9.91. The van der Waals surface area contributed by atoms with Crippen LogP contribution in [0.5, 0.6) is 0 Å². The molecule has 1 aliphatic heterocycles. The normalized spacial score (nSPS) is 24.2. The first-order valence-corrected chi connectivity index (χ1v) is 8.62. The lowest BCUT2D eigenvalue weighted by Crippen LogP contribution is -2.46. The van der Waals surface area contributed by atoms with Crippen LogP contribution < -0.4 is 5.32 Å². The van der Waals surface area contributed by atoms with Crippen molar-refractivity contribution in [3.05, 3.63) is 48.6 Å². The Balaban J connectivity index is 1.97. The number of thioether (sulfide) groups is 1. The average Bonchev–Trinajstić information content (AvgIpc) is 2.67. The molecule has 0 aliphatic carbocycles. The van der Waals surface area contributed by atoms with Crippen molar-refractivity contribution >= 4 is 11.8 Å². The van der Waals surface area contributed by atoms with Crippen molar-refractivity contribution in [2.45, 2.75) is 18.9 Å². The maximum absolute atomic E-state index is 3.78. The second-order valence-corrected chi connectivity index (χ2v) is 6.77. The van der Waals surface area contributed by atoms with E-state index in [9.17, 15) is 0 Å². The van der Waals surface area contributed by atoms with Gasteiger partial charge in [-0.2, -0.15) is 11.8 Å². The van der Waals surface area contributed by atoms with Crippen LogP contribution in [0.1, 0.15) is 18.9 Å². The SMILES string of the molecule is C=CCSCCN1CCCNC(C)(c2ccccc2)C1. The summed E-state index contributed by atoms with van der Waals surface area (Å²) in [6, 6.07) is 10.8. The van der Waals surface area contributed by atoms with Crippen LogP contribution in [0.15, 0.2) is 43.0 Å². The summed E-state index contributed by atoms with van der Waals surface area (Å²) in [6.07, 6.45) is 3.22. The minimum absolute atomic E-state index is 0.0703. The summed E-state index contributed by atoms with van der Waals surface area (Å²) in [7, 11) is 0. The van der Waals surface area contributed by atoms with Crippen LogP contribution in [0.25, 0.3) is 0 Å². The van der Waals surface area contributed by atoms with Gasteiger partial charge in [-0.05, 0) is 32.0 Å². The Morgan fingerprint density at radius 1 is 1.40 bits per heavy atom. The third kappa shape index (κ3) is 4.37. The van der Waals surface area contributed by atoms with Crippen LogP contribution >= 0.6 is 11.8 Å². The molecule has 1 aliphatic rings. The van der Waals surface area contributed by atoms with Gasteiger partial charge in [0.2, 0.25) is 0 Å². The van der Waals surface area contributed by atoms with E-state index in [1.165, 1.54) is 30.8 Å². The molecular formula is C17H26N2S. The molecule has 0 saturated carbocycles. The Morgan fingerprint density at radius 3 is 2.95 bits per heavy atom. The summed E-state index contributed by atoms with van der Waals surface area (Å²) in [5, 5.41) is 3.74. The maximum Gasteiger partial charge on any atom is 0.0534 e. The predicted octanol–water partition coefficient (Wildman–Crippen LogP) is 3.12. The van der Waals surface area contributed by atoms with Crippen molar-refractivity contribution in [2.75, 3.05) is 37.7 Å². The van der Waals surface area contributed by atoms with E-state index >= 15 is 0 Å². The van der Waals surface area contributed by atoms with E-state index in [1.54, 1.807) is 0 Å². The molecule has 2 rings (SSSR count). The van der Waals surface area contributed by atoms with E-state index in [0.29, 0.717) is 0 Å². The fraction of sp³-hybridized carbons (Fsp3) is 0.529. The van der Waals surface area contributed by atoms with Crippen LogP contribution in [0, 0.1) is 0 Å². The molecule has 0 spiro atoms. The monoisotopic (exact) mass is 290 g/mol. The van der Waals surface area contributed by atoms with Gasteiger partial charge in [0.1, 0.15) is 0 Å². The maximum atomic E-state index is 3.78. The first-order chi connectivity index (χ1) is 9.74. The van der Waals surface area contributed by atoms with Crippen molar-refractivity contribution in [1.29, 1.82) is 0 Å². The third-order valence-electron chi connectivity index (χ3n) is 3.90. The molecule has 1 N–H and O–H groups in total. The highest BCUT2D eigenvalue weighted by atomic mass is 32.2. The molecule has 0 radical (unpaired) electrons. The average molecular weight is 290 g/mol. The van der Waals surface area contributed by atoms with Gasteiger partial charge in [-0.3, -0.25) is 0 Å². The molecule has 1 fully saturated rings. The summed E-state index contributed by atoms with van der Waals surface area (Å²) in [6.45, 7) is 10.7. The van der Waals surface area contributed by atoms with Crippen molar-refractivity contribution < 1.29 is 0 Å². The molecule has 0 aromatic heterocycles. The summed E-state index contributed by atoms with van der Waals surface area (Å²) >= 11 is 1.97. The number of hydrogen-bond acceptors (Lipinski definition) is 3. The molecule has 0 amide bonds. The highest BCUT2D eigenvalue weighted by Gasteiger charge is 2.30. The number of nitrogens with zero attached hydrogens (tertiary/aromatic N) is 1. The first kappa shape index (κ1) is 15.6. The van der Waals surface area contributed by atoms with Crippen molar-refractivity contribution in [1.82, 2.24) is 10.2 Å². The van der Waals surface area contributed by atoms with Gasteiger partial charge in [0.15, 0.2) is 0 Å². The van der Waals surface area contributed by atoms with Gasteiger partial charge in [-0.25, -0.2) is 0 Å². The van der Waals surface area contributed by atoms with Gasteiger partial charge < -0.3 is 10.2 Å². The summed E-state index contributed by atoms with van der Waals surface area (Å²) < 4.78 is 0. The quantitative estimate of drug-likeness (QED) is 0.640. The highest BCUT2D eigenvalue weighted by molar-refractivity contribution is 7.99. The third-order valence-corrected chi connectivity index (χ3v) is 4.85. The second-order valence-electron chi connectivity index (χ2n) is 5.62. The van der Waals surface area contributed by atoms with Crippen molar-refractivity contribution in [3.63, 3.8) is 0 Å². The molecule has 1 atom stereocenters. The molecule has 1 saturated heterocycles. The van der Waals surface area contributed by atoms with E-state index < -0.39 is 0 Å².